The minimum atomic E-state index is 0. The number of halogens is 2. The summed E-state index contributed by atoms with van der Waals surface area (Å²) in [6.45, 7) is 2.48. The predicted molar refractivity (Wildman–Crippen MR) is 45.7 cm³/mol. The molecule has 0 aliphatic rings. The molecule has 0 saturated heterocycles. The number of nitrogens with two attached hydrogens (primary N) is 1. The van der Waals surface area contributed by atoms with Gasteiger partial charge in [0.25, 0.3) is 0 Å². The van der Waals surface area contributed by atoms with Crippen molar-refractivity contribution in [1.29, 1.82) is 0 Å². The quantitative estimate of drug-likeness (QED) is 0.684. The molecule has 0 radical (unpaired) electrons. The van der Waals surface area contributed by atoms with Crippen LogP contribution in [0.4, 0.5) is 0 Å². The number of aryl methyl sites for hydroxylation is 1. The molecule has 0 atom stereocenters. The first-order valence-corrected chi connectivity index (χ1v) is 2.53. The lowest BCUT2D eigenvalue weighted by molar-refractivity contribution is 0.992. The number of nitrogens with zero attached hydrogens (tertiary/aromatic N) is 1. The van der Waals surface area contributed by atoms with Crippen LogP contribution in [0.1, 0.15) is 11.4 Å². The summed E-state index contributed by atoms with van der Waals surface area (Å²) >= 11 is 0. The molecule has 0 amide bonds. The fourth-order valence-electron chi connectivity index (χ4n) is 0.593. The van der Waals surface area contributed by atoms with Gasteiger partial charge in [0.1, 0.15) is 0 Å². The Morgan fingerprint density at radius 3 is 2.40 bits per heavy atom. The molecule has 1 aromatic heterocycles. The van der Waals surface area contributed by atoms with Gasteiger partial charge in [-0.05, 0) is 6.92 Å². The van der Waals surface area contributed by atoms with Crippen molar-refractivity contribution < 1.29 is 0 Å². The standard InChI is InChI=1S/C5H9N3.2ClH/c1-4-5(2-6)8-3-7-4;;/h3H,2,6H2,1H3,(H,7,8);2*1H. The minimum Gasteiger partial charge on any atom is -0.348 e. The number of nitrogens with one attached hydrogen (secondary N) is 1. The Hall–Kier alpha value is -0.250. The molecule has 0 aliphatic heterocycles. The summed E-state index contributed by atoms with van der Waals surface area (Å²) in [7, 11) is 0. The first-order chi connectivity index (χ1) is 3.84. The third kappa shape index (κ3) is 2.56. The van der Waals surface area contributed by atoms with Crippen LogP contribution in [0.25, 0.3) is 0 Å². The molecule has 1 aromatic rings. The van der Waals surface area contributed by atoms with Crippen LogP contribution in [0.2, 0.25) is 0 Å². The third-order valence-electron chi connectivity index (χ3n) is 1.13. The van der Waals surface area contributed by atoms with Crippen molar-refractivity contribution in [2.75, 3.05) is 0 Å². The van der Waals surface area contributed by atoms with E-state index in [2.05, 4.69) is 9.97 Å². The van der Waals surface area contributed by atoms with E-state index in [1.807, 2.05) is 6.92 Å². The Kier molecular flexibility index (Phi) is 6.87. The Morgan fingerprint density at radius 1 is 1.60 bits per heavy atom. The van der Waals surface area contributed by atoms with Crippen molar-refractivity contribution in [2.24, 2.45) is 5.73 Å². The van der Waals surface area contributed by atoms with Crippen molar-refractivity contribution in [2.45, 2.75) is 13.5 Å². The largest absolute Gasteiger partial charge is 0.348 e. The summed E-state index contributed by atoms with van der Waals surface area (Å²) in [5, 5.41) is 0. The van der Waals surface area contributed by atoms with E-state index >= 15 is 0 Å². The molecule has 0 fully saturated rings. The van der Waals surface area contributed by atoms with Gasteiger partial charge < -0.3 is 10.7 Å². The van der Waals surface area contributed by atoms with E-state index in [1.165, 1.54) is 0 Å². The Bertz CT molecular complexity index is 175. The van der Waals surface area contributed by atoms with Gasteiger partial charge in [-0.15, -0.1) is 24.8 Å². The lowest BCUT2D eigenvalue weighted by Gasteiger charge is -1.86. The molecule has 0 spiro atoms. The lowest BCUT2D eigenvalue weighted by Crippen LogP contribution is -1.97. The van der Waals surface area contributed by atoms with Gasteiger partial charge >= 0.3 is 0 Å². The van der Waals surface area contributed by atoms with Gasteiger partial charge in [0.2, 0.25) is 0 Å². The predicted octanol–water partition coefficient (Wildman–Crippen LogP) is 1.02. The van der Waals surface area contributed by atoms with Gasteiger partial charge in [0.15, 0.2) is 0 Å². The van der Waals surface area contributed by atoms with Crippen LogP contribution in [-0.2, 0) is 6.54 Å². The Labute approximate surface area is 72.2 Å². The zero-order valence-corrected chi connectivity index (χ0v) is 7.26. The average molecular weight is 184 g/mol. The highest BCUT2D eigenvalue weighted by atomic mass is 35.5. The first kappa shape index (κ1) is 12.4. The van der Waals surface area contributed by atoms with E-state index in [9.17, 15) is 0 Å². The number of rotatable bonds is 1. The number of hydrogen-bond donors (Lipinski definition) is 2. The molecule has 5 heteroatoms. The van der Waals surface area contributed by atoms with Crippen LogP contribution in [0.15, 0.2) is 6.33 Å². The van der Waals surface area contributed by atoms with Crippen LogP contribution in [0.5, 0.6) is 0 Å². The smallest absolute Gasteiger partial charge is 0.0925 e. The van der Waals surface area contributed by atoms with Gasteiger partial charge in [0.05, 0.1) is 12.0 Å². The fraction of sp³-hybridized carbons (Fsp3) is 0.400. The fourth-order valence-corrected chi connectivity index (χ4v) is 0.593. The van der Waals surface area contributed by atoms with Crippen LogP contribution in [0, 0.1) is 6.92 Å². The highest BCUT2D eigenvalue weighted by molar-refractivity contribution is 5.85. The molecule has 10 heavy (non-hydrogen) atoms. The van der Waals surface area contributed by atoms with Crippen molar-refractivity contribution in [3.05, 3.63) is 17.7 Å². The summed E-state index contributed by atoms with van der Waals surface area (Å²) in [4.78, 5) is 6.88. The molecule has 0 unspecified atom stereocenters. The van der Waals surface area contributed by atoms with Gasteiger partial charge in [-0.2, -0.15) is 0 Å². The van der Waals surface area contributed by atoms with Crippen molar-refractivity contribution in [1.82, 2.24) is 9.97 Å². The molecular weight excluding hydrogens is 173 g/mol. The van der Waals surface area contributed by atoms with E-state index in [-0.39, 0.29) is 24.8 Å². The first-order valence-electron chi connectivity index (χ1n) is 2.53. The van der Waals surface area contributed by atoms with E-state index in [4.69, 9.17) is 5.73 Å². The molecule has 1 rings (SSSR count). The van der Waals surface area contributed by atoms with Crippen LogP contribution < -0.4 is 5.73 Å². The third-order valence-corrected chi connectivity index (χ3v) is 1.13. The zero-order chi connectivity index (χ0) is 5.98. The Balaban J connectivity index is 0. The SMILES string of the molecule is Cc1[nH]cnc1CN.Cl.Cl. The summed E-state index contributed by atoms with van der Waals surface area (Å²) < 4.78 is 0. The highest BCUT2D eigenvalue weighted by Crippen LogP contribution is 1.96. The number of aromatic amines is 1. The molecule has 0 aromatic carbocycles. The lowest BCUT2D eigenvalue weighted by atomic mass is 10.4. The van der Waals surface area contributed by atoms with Crippen LogP contribution in [0.3, 0.4) is 0 Å². The van der Waals surface area contributed by atoms with Crippen molar-refractivity contribution in [3.63, 3.8) is 0 Å². The molecular formula is C5H11Cl2N3. The minimum absolute atomic E-state index is 0. The number of aromatic nitrogens is 2. The summed E-state index contributed by atoms with van der Waals surface area (Å²) in [6, 6.07) is 0. The monoisotopic (exact) mass is 183 g/mol. The maximum absolute atomic E-state index is 5.31. The molecule has 1 heterocycles. The van der Waals surface area contributed by atoms with Gasteiger partial charge in [-0.25, -0.2) is 4.98 Å². The molecule has 0 saturated carbocycles. The normalized spacial score (nSPS) is 7.80. The number of hydrogen-bond acceptors (Lipinski definition) is 2. The topological polar surface area (TPSA) is 54.7 Å². The van der Waals surface area contributed by atoms with E-state index in [0.29, 0.717) is 6.54 Å². The van der Waals surface area contributed by atoms with Crippen molar-refractivity contribution in [3.8, 4) is 0 Å². The average Bonchev–Trinajstić information content (AvgIpc) is 2.14. The summed E-state index contributed by atoms with van der Waals surface area (Å²) in [6.07, 6.45) is 1.65. The van der Waals surface area contributed by atoms with Gasteiger partial charge in [-0.3, -0.25) is 0 Å². The maximum Gasteiger partial charge on any atom is 0.0925 e. The molecule has 60 valence electrons. The zero-order valence-electron chi connectivity index (χ0n) is 5.63. The second-order valence-electron chi connectivity index (χ2n) is 1.68. The Morgan fingerprint density at radius 2 is 2.20 bits per heavy atom. The highest BCUT2D eigenvalue weighted by Gasteiger charge is 1.93. The van der Waals surface area contributed by atoms with Gasteiger partial charge in [-0.1, -0.05) is 0 Å². The summed E-state index contributed by atoms with van der Waals surface area (Å²) in [5.74, 6) is 0. The van der Waals surface area contributed by atoms with E-state index < -0.39 is 0 Å². The molecule has 0 aliphatic carbocycles. The summed E-state index contributed by atoms with van der Waals surface area (Å²) in [5.41, 5.74) is 7.32. The van der Waals surface area contributed by atoms with Crippen LogP contribution >= 0.6 is 24.8 Å². The van der Waals surface area contributed by atoms with E-state index in [0.717, 1.165) is 11.4 Å². The second kappa shape index (κ2) is 5.53. The van der Waals surface area contributed by atoms with E-state index in [1.54, 1.807) is 6.33 Å². The molecule has 3 nitrogen and oxygen atoms in total. The molecule has 0 bridgehead atoms. The maximum atomic E-state index is 5.31. The number of imidazole rings is 1. The second-order valence-corrected chi connectivity index (χ2v) is 1.68. The van der Waals surface area contributed by atoms with Crippen LogP contribution in [-0.4, -0.2) is 9.97 Å². The number of H-pyrrole nitrogens is 1. The van der Waals surface area contributed by atoms with Crippen molar-refractivity contribution >= 4 is 24.8 Å². The molecule has 3 N–H and O–H groups in total. The van der Waals surface area contributed by atoms with Gasteiger partial charge in [0, 0.05) is 12.2 Å².